The van der Waals surface area contributed by atoms with Crippen LogP contribution in [0.2, 0.25) is 0 Å². The standard InChI is InChI=1S/C15H20O2/c1-5-15(2,11-6-12-16-3)13-7-9-14(17-4)10-8-13/h5-10,12H,1,11H2,2-4H3/b12-6+/t15-/m1/s1. The first-order chi connectivity index (χ1) is 8.16. The van der Waals surface area contributed by atoms with Gasteiger partial charge < -0.3 is 9.47 Å². The van der Waals surface area contributed by atoms with Crippen molar-refractivity contribution in [2.24, 2.45) is 0 Å². The van der Waals surface area contributed by atoms with Crippen molar-refractivity contribution in [1.29, 1.82) is 0 Å². The summed E-state index contributed by atoms with van der Waals surface area (Å²) < 4.78 is 10.1. The van der Waals surface area contributed by atoms with E-state index in [1.165, 1.54) is 5.56 Å². The molecule has 0 aromatic heterocycles. The fourth-order valence-electron chi connectivity index (χ4n) is 1.68. The van der Waals surface area contributed by atoms with Crippen molar-refractivity contribution in [1.82, 2.24) is 0 Å². The van der Waals surface area contributed by atoms with Crippen molar-refractivity contribution in [2.45, 2.75) is 18.8 Å². The molecular weight excluding hydrogens is 212 g/mol. The lowest BCUT2D eigenvalue weighted by Crippen LogP contribution is -2.17. The van der Waals surface area contributed by atoms with Gasteiger partial charge in [0.25, 0.3) is 0 Å². The molecule has 0 N–H and O–H groups in total. The highest BCUT2D eigenvalue weighted by Crippen LogP contribution is 2.30. The maximum atomic E-state index is 5.15. The maximum absolute atomic E-state index is 5.15. The summed E-state index contributed by atoms with van der Waals surface area (Å²) in [5.74, 6) is 0.868. The van der Waals surface area contributed by atoms with Gasteiger partial charge >= 0.3 is 0 Å². The summed E-state index contributed by atoms with van der Waals surface area (Å²) in [5.41, 5.74) is 1.13. The molecule has 0 spiro atoms. The van der Waals surface area contributed by atoms with Crippen molar-refractivity contribution in [3.63, 3.8) is 0 Å². The van der Waals surface area contributed by atoms with Gasteiger partial charge in [-0.25, -0.2) is 0 Å². The van der Waals surface area contributed by atoms with Crippen molar-refractivity contribution >= 4 is 0 Å². The van der Waals surface area contributed by atoms with E-state index in [1.807, 2.05) is 24.3 Å². The van der Waals surface area contributed by atoms with E-state index in [1.54, 1.807) is 20.5 Å². The van der Waals surface area contributed by atoms with Gasteiger partial charge in [0.05, 0.1) is 20.5 Å². The van der Waals surface area contributed by atoms with Crippen LogP contribution < -0.4 is 4.74 Å². The van der Waals surface area contributed by atoms with Gasteiger partial charge in [-0.05, 0) is 30.2 Å². The second kappa shape index (κ2) is 6.14. The average Bonchev–Trinajstić information content (AvgIpc) is 2.39. The van der Waals surface area contributed by atoms with Gasteiger partial charge in [0, 0.05) is 5.41 Å². The highest BCUT2D eigenvalue weighted by atomic mass is 16.5. The quantitative estimate of drug-likeness (QED) is 0.550. The minimum Gasteiger partial charge on any atom is -0.505 e. The van der Waals surface area contributed by atoms with Crippen LogP contribution in [0.25, 0.3) is 0 Å². The molecule has 0 bridgehead atoms. The van der Waals surface area contributed by atoms with Gasteiger partial charge in [0.1, 0.15) is 5.75 Å². The molecule has 0 amide bonds. The van der Waals surface area contributed by atoms with Gasteiger partial charge in [-0.1, -0.05) is 25.1 Å². The minimum atomic E-state index is -0.0820. The number of ether oxygens (including phenoxy) is 2. The van der Waals surface area contributed by atoms with Crippen LogP contribution in [0.15, 0.2) is 49.3 Å². The summed E-state index contributed by atoms with van der Waals surface area (Å²) in [6.45, 7) is 6.08. The van der Waals surface area contributed by atoms with Crippen LogP contribution in [0, 0.1) is 0 Å². The topological polar surface area (TPSA) is 18.5 Å². The Kier molecular flexibility index (Phi) is 4.83. The Morgan fingerprint density at radius 2 is 1.88 bits per heavy atom. The number of hydrogen-bond acceptors (Lipinski definition) is 2. The monoisotopic (exact) mass is 232 g/mol. The van der Waals surface area contributed by atoms with E-state index in [4.69, 9.17) is 9.47 Å². The van der Waals surface area contributed by atoms with Crippen LogP contribution in [0.1, 0.15) is 18.9 Å². The molecule has 0 saturated carbocycles. The third-order valence-electron chi connectivity index (χ3n) is 2.97. The fraction of sp³-hybridized carbons (Fsp3) is 0.333. The summed E-state index contributed by atoms with van der Waals surface area (Å²) in [4.78, 5) is 0. The Balaban J connectivity index is 2.90. The van der Waals surface area contributed by atoms with E-state index in [0.717, 1.165) is 12.2 Å². The zero-order chi connectivity index (χ0) is 12.7. The molecule has 92 valence electrons. The Morgan fingerprint density at radius 3 is 2.35 bits per heavy atom. The molecule has 2 heteroatoms. The number of benzene rings is 1. The largest absolute Gasteiger partial charge is 0.505 e. The first kappa shape index (κ1) is 13.4. The molecule has 0 aliphatic rings. The number of methoxy groups -OCH3 is 2. The lowest BCUT2D eigenvalue weighted by atomic mass is 9.80. The summed E-state index contributed by atoms with van der Waals surface area (Å²) >= 11 is 0. The van der Waals surface area contributed by atoms with Crippen molar-refractivity contribution in [3.05, 3.63) is 54.8 Å². The lowest BCUT2D eigenvalue weighted by Gasteiger charge is -2.25. The molecule has 1 atom stereocenters. The molecule has 0 unspecified atom stereocenters. The molecule has 17 heavy (non-hydrogen) atoms. The summed E-state index contributed by atoms with van der Waals surface area (Å²) in [6.07, 6.45) is 6.53. The molecular formula is C15H20O2. The van der Waals surface area contributed by atoms with E-state index < -0.39 is 0 Å². The van der Waals surface area contributed by atoms with Gasteiger partial charge in [0.2, 0.25) is 0 Å². The van der Waals surface area contributed by atoms with Crippen LogP contribution in [0.3, 0.4) is 0 Å². The molecule has 0 heterocycles. The lowest BCUT2D eigenvalue weighted by molar-refractivity contribution is 0.335. The van der Waals surface area contributed by atoms with Crippen LogP contribution in [-0.4, -0.2) is 14.2 Å². The minimum absolute atomic E-state index is 0.0820. The van der Waals surface area contributed by atoms with Crippen molar-refractivity contribution in [2.75, 3.05) is 14.2 Å². The number of allylic oxidation sites excluding steroid dienone is 2. The van der Waals surface area contributed by atoms with E-state index in [2.05, 4.69) is 25.6 Å². The van der Waals surface area contributed by atoms with Gasteiger partial charge in [0.15, 0.2) is 0 Å². The van der Waals surface area contributed by atoms with Crippen molar-refractivity contribution < 1.29 is 9.47 Å². The Bertz CT molecular complexity index is 378. The van der Waals surface area contributed by atoms with E-state index in [-0.39, 0.29) is 5.41 Å². The van der Waals surface area contributed by atoms with Crippen molar-refractivity contribution in [3.8, 4) is 5.75 Å². The molecule has 0 aliphatic carbocycles. The van der Waals surface area contributed by atoms with Gasteiger partial charge in [-0.15, -0.1) is 6.58 Å². The second-order valence-corrected chi connectivity index (χ2v) is 4.16. The van der Waals surface area contributed by atoms with Crippen LogP contribution >= 0.6 is 0 Å². The summed E-state index contributed by atoms with van der Waals surface area (Å²) in [5, 5.41) is 0. The fourth-order valence-corrected chi connectivity index (χ4v) is 1.68. The SMILES string of the molecule is C=C[C@](C)(C/C=C/OC)c1ccc(OC)cc1. The van der Waals surface area contributed by atoms with Crippen LogP contribution in [0.5, 0.6) is 5.75 Å². The van der Waals surface area contributed by atoms with E-state index in [0.29, 0.717) is 0 Å². The number of hydrogen-bond donors (Lipinski definition) is 0. The third kappa shape index (κ3) is 3.38. The zero-order valence-corrected chi connectivity index (χ0v) is 10.8. The third-order valence-corrected chi connectivity index (χ3v) is 2.97. The van der Waals surface area contributed by atoms with Crippen LogP contribution in [-0.2, 0) is 10.2 Å². The van der Waals surface area contributed by atoms with Gasteiger partial charge in [-0.2, -0.15) is 0 Å². The molecule has 0 saturated heterocycles. The number of rotatable bonds is 6. The smallest absolute Gasteiger partial charge is 0.118 e. The highest BCUT2D eigenvalue weighted by Gasteiger charge is 2.21. The highest BCUT2D eigenvalue weighted by molar-refractivity contribution is 5.35. The maximum Gasteiger partial charge on any atom is 0.118 e. The second-order valence-electron chi connectivity index (χ2n) is 4.16. The Labute approximate surface area is 104 Å². The predicted molar refractivity (Wildman–Crippen MR) is 71.3 cm³/mol. The van der Waals surface area contributed by atoms with E-state index in [9.17, 15) is 0 Å². The zero-order valence-electron chi connectivity index (χ0n) is 10.8. The Morgan fingerprint density at radius 1 is 1.24 bits per heavy atom. The molecule has 1 rings (SSSR count). The summed E-state index contributed by atoms with van der Waals surface area (Å²) in [6, 6.07) is 8.08. The van der Waals surface area contributed by atoms with E-state index >= 15 is 0 Å². The Hall–Kier alpha value is -1.70. The summed E-state index contributed by atoms with van der Waals surface area (Å²) in [7, 11) is 3.32. The molecule has 0 fully saturated rings. The average molecular weight is 232 g/mol. The molecule has 2 nitrogen and oxygen atoms in total. The van der Waals surface area contributed by atoms with Crippen LogP contribution in [0.4, 0.5) is 0 Å². The molecule has 1 aromatic rings. The molecule has 0 aliphatic heterocycles. The normalized spacial score (nSPS) is 14.3. The first-order valence-electron chi connectivity index (χ1n) is 5.62. The molecule has 0 radical (unpaired) electrons. The molecule has 1 aromatic carbocycles. The predicted octanol–water partition coefficient (Wildman–Crippen LogP) is 3.69. The van der Waals surface area contributed by atoms with Gasteiger partial charge in [-0.3, -0.25) is 0 Å². The first-order valence-corrected chi connectivity index (χ1v) is 5.62.